The predicted molar refractivity (Wildman–Crippen MR) is 173 cm³/mol. The van der Waals surface area contributed by atoms with Crippen LogP contribution in [-0.4, -0.2) is 94.2 Å². The maximum atomic E-state index is 15.7. The maximum absolute atomic E-state index is 15.7. The van der Waals surface area contributed by atoms with Gasteiger partial charge < -0.3 is 25.8 Å². The zero-order chi connectivity index (χ0) is 33.7. The first-order valence-electron chi connectivity index (χ1n) is 16.9. The summed E-state index contributed by atoms with van der Waals surface area (Å²) in [6.07, 6.45) is 7.26. The Morgan fingerprint density at radius 2 is 1.68 bits per heavy atom. The van der Waals surface area contributed by atoms with Crippen LogP contribution in [-0.2, 0) is 20.9 Å². The van der Waals surface area contributed by atoms with Gasteiger partial charge in [0.05, 0.1) is 5.69 Å². The highest BCUT2D eigenvalue weighted by Gasteiger charge is 2.52. The molecule has 47 heavy (non-hydrogen) atoms. The van der Waals surface area contributed by atoms with Crippen LogP contribution in [0.3, 0.4) is 0 Å². The molecular formula is C34H47F2N7O4. The average molecular weight is 656 g/mol. The largest absolute Gasteiger partial charge is 0.341 e. The van der Waals surface area contributed by atoms with Crippen molar-refractivity contribution in [3.8, 4) is 0 Å². The molecular weight excluding hydrogens is 608 g/mol. The second kappa shape index (κ2) is 14.9. The summed E-state index contributed by atoms with van der Waals surface area (Å²) in [5.41, 5.74) is -1.28. The lowest BCUT2D eigenvalue weighted by Gasteiger charge is -2.36. The molecule has 0 radical (unpaired) electrons. The van der Waals surface area contributed by atoms with Crippen LogP contribution in [0.2, 0.25) is 0 Å². The lowest BCUT2D eigenvalue weighted by atomic mass is 9.90. The fourth-order valence-electron chi connectivity index (χ4n) is 6.58. The monoisotopic (exact) mass is 655 g/mol. The van der Waals surface area contributed by atoms with Gasteiger partial charge >= 0.3 is 0 Å². The Bertz CT molecular complexity index is 1450. The molecule has 3 fully saturated rings. The van der Waals surface area contributed by atoms with Gasteiger partial charge in [-0.15, -0.1) is 0 Å². The van der Waals surface area contributed by atoms with Crippen molar-refractivity contribution in [2.45, 2.75) is 95.4 Å². The Morgan fingerprint density at radius 3 is 2.30 bits per heavy atom. The molecule has 2 saturated carbocycles. The van der Waals surface area contributed by atoms with Gasteiger partial charge in [0.1, 0.15) is 23.6 Å². The first-order chi connectivity index (χ1) is 22.5. The fourth-order valence-corrected chi connectivity index (χ4v) is 6.58. The number of alkyl halides is 1. The van der Waals surface area contributed by atoms with E-state index >= 15 is 4.39 Å². The van der Waals surface area contributed by atoms with Crippen LogP contribution in [0.25, 0.3) is 0 Å². The third-order valence-electron chi connectivity index (χ3n) is 9.93. The summed E-state index contributed by atoms with van der Waals surface area (Å²) in [6.45, 7) is 6.33. The van der Waals surface area contributed by atoms with Crippen LogP contribution in [0.4, 0.5) is 14.5 Å². The number of rotatable bonds is 11. The number of nitrogens with zero attached hydrogens (tertiary/aromatic N) is 4. The smallest absolute Gasteiger partial charge is 0.270 e. The molecule has 0 unspecified atom stereocenters. The molecule has 11 nitrogen and oxygen atoms in total. The summed E-state index contributed by atoms with van der Waals surface area (Å²) in [7, 11) is 1.96. The molecule has 4 amide bonds. The van der Waals surface area contributed by atoms with Crippen LogP contribution in [0.5, 0.6) is 0 Å². The van der Waals surface area contributed by atoms with E-state index in [1.54, 1.807) is 28.6 Å². The van der Waals surface area contributed by atoms with Crippen molar-refractivity contribution >= 4 is 29.3 Å². The molecule has 2 aromatic rings. The molecule has 1 aromatic heterocycles. The number of carbonyl (C=O) groups excluding carboxylic acids is 4. The summed E-state index contributed by atoms with van der Waals surface area (Å²) < 4.78 is 31.9. The van der Waals surface area contributed by atoms with E-state index in [2.05, 4.69) is 25.9 Å². The van der Waals surface area contributed by atoms with E-state index in [9.17, 15) is 23.6 Å². The van der Waals surface area contributed by atoms with Gasteiger partial charge in [-0.25, -0.2) is 8.78 Å². The molecule has 0 spiro atoms. The number of nitrogens with one attached hydrogen (secondary N) is 3. The van der Waals surface area contributed by atoms with E-state index in [0.29, 0.717) is 44.0 Å². The van der Waals surface area contributed by atoms with E-state index < -0.39 is 47.2 Å². The van der Waals surface area contributed by atoms with Crippen molar-refractivity contribution in [2.75, 3.05) is 38.5 Å². The van der Waals surface area contributed by atoms with Crippen molar-refractivity contribution in [3.63, 3.8) is 0 Å². The maximum Gasteiger partial charge on any atom is 0.270 e. The number of aryl methyl sites for hydroxylation is 1. The topological polar surface area (TPSA) is 129 Å². The van der Waals surface area contributed by atoms with Crippen LogP contribution >= 0.6 is 0 Å². The van der Waals surface area contributed by atoms with E-state index in [1.807, 2.05) is 14.0 Å². The number of hydrogen-bond acceptors (Lipinski definition) is 6. The number of piperazine rings is 1. The highest BCUT2D eigenvalue weighted by Crippen LogP contribution is 2.40. The number of amides is 4. The molecule has 13 heteroatoms. The van der Waals surface area contributed by atoms with Gasteiger partial charge in [0.15, 0.2) is 5.67 Å². The quantitative estimate of drug-likeness (QED) is 0.318. The molecule has 256 valence electrons. The Hall–Kier alpha value is -3.87. The molecule has 2 aliphatic carbocycles. The third-order valence-corrected chi connectivity index (χ3v) is 9.93. The minimum atomic E-state index is -1.97. The third kappa shape index (κ3) is 8.17. The first kappa shape index (κ1) is 34.5. The summed E-state index contributed by atoms with van der Waals surface area (Å²) in [5, 5.41) is 12.4. The van der Waals surface area contributed by atoms with Crippen molar-refractivity contribution in [2.24, 2.45) is 5.92 Å². The zero-order valence-corrected chi connectivity index (χ0v) is 27.6. The summed E-state index contributed by atoms with van der Waals surface area (Å²) in [4.78, 5) is 57.1. The lowest BCUT2D eigenvalue weighted by Crippen LogP contribution is -2.56. The molecule has 3 atom stereocenters. The standard InChI is InChI=1S/C34H47F2N7O4/c1-4-43-27(13-16-37-43)30(44)39-29(23-9-7-5-6-8-10-23)31(45)38-26-12-11-24(21-25(26)35)22(2)28(40-33(47)34(36)14-15-34)32(46)42-19-17-41(3)18-20-42/h11-13,16,21-23,28-29H,4-10,14-15,17-20H2,1-3H3,(H,38,45)(H,39,44)(H,40,47)/t22-,28+,29-/m0/s1. The van der Waals surface area contributed by atoms with Gasteiger partial charge in [0, 0.05) is 44.8 Å². The molecule has 2 heterocycles. The average Bonchev–Trinajstić information content (AvgIpc) is 3.73. The Labute approximate surface area is 274 Å². The van der Waals surface area contributed by atoms with Crippen molar-refractivity contribution in [3.05, 3.63) is 47.5 Å². The van der Waals surface area contributed by atoms with Crippen molar-refractivity contribution < 1.29 is 28.0 Å². The normalized spacial score (nSPS) is 20.4. The Balaban J connectivity index is 1.33. The SMILES string of the molecule is CCn1nccc1C(=O)N[C@H](C(=O)Nc1ccc([C@H](C)[C@@H](NC(=O)C2(F)CC2)C(=O)N2CCN(C)CC2)cc1F)C1CCCCCC1. The van der Waals surface area contributed by atoms with E-state index in [1.165, 1.54) is 18.3 Å². The summed E-state index contributed by atoms with van der Waals surface area (Å²) in [5.74, 6) is -3.62. The van der Waals surface area contributed by atoms with E-state index in [4.69, 9.17) is 0 Å². The number of hydrogen-bond donors (Lipinski definition) is 3. The number of anilines is 1. The highest BCUT2D eigenvalue weighted by molar-refractivity contribution is 6.01. The van der Waals surface area contributed by atoms with Gasteiger partial charge in [0.2, 0.25) is 11.8 Å². The molecule has 1 saturated heterocycles. The van der Waals surface area contributed by atoms with Crippen LogP contribution < -0.4 is 16.0 Å². The molecule has 0 bridgehead atoms. The van der Waals surface area contributed by atoms with E-state index in [-0.39, 0.29) is 30.4 Å². The molecule has 5 rings (SSSR count). The van der Waals surface area contributed by atoms with E-state index in [0.717, 1.165) is 38.5 Å². The van der Waals surface area contributed by atoms with Crippen molar-refractivity contribution in [1.29, 1.82) is 0 Å². The molecule has 3 aliphatic rings. The van der Waals surface area contributed by atoms with Gasteiger partial charge in [0.25, 0.3) is 11.8 Å². The number of carbonyl (C=O) groups is 4. The Kier molecular flexibility index (Phi) is 10.9. The van der Waals surface area contributed by atoms with Gasteiger partial charge in [-0.2, -0.15) is 5.10 Å². The fraction of sp³-hybridized carbons (Fsp3) is 0.618. The van der Waals surface area contributed by atoms with Crippen LogP contribution in [0.15, 0.2) is 30.5 Å². The van der Waals surface area contributed by atoms with Gasteiger partial charge in [-0.1, -0.05) is 38.7 Å². The first-order valence-corrected chi connectivity index (χ1v) is 16.9. The van der Waals surface area contributed by atoms with Gasteiger partial charge in [-0.3, -0.25) is 23.9 Å². The highest BCUT2D eigenvalue weighted by atomic mass is 19.1. The molecule has 3 N–H and O–H groups in total. The second-order valence-corrected chi connectivity index (χ2v) is 13.3. The van der Waals surface area contributed by atoms with Crippen LogP contribution in [0.1, 0.15) is 87.2 Å². The molecule has 1 aromatic carbocycles. The Morgan fingerprint density at radius 1 is 1.00 bits per heavy atom. The van der Waals surface area contributed by atoms with Gasteiger partial charge in [-0.05, 0) is 69.3 Å². The minimum Gasteiger partial charge on any atom is -0.341 e. The second-order valence-electron chi connectivity index (χ2n) is 13.3. The molecule has 1 aliphatic heterocycles. The lowest BCUT2D eigenvalue weighted by molar-refractivity contribution is -0.140. The summed E-state index contributed by atoms with van der Waals surface area (Å²) >= 11 is 0. The van der Waals surface area contributed by atoms with Crippen molar-refractivity contribution in [1.82, 2.24) is 30.2 Å². The summed E-state index contributed by atoms with van der Waals surface area (Å²) in [6, 6.07) is 3.89. The zero-order valence-electron chi connectivity index (χ0n) is 27.6. The number of benzene rings is 1. The van der Waals surface area contributed by atoms with Crippen LogP contribution in [0, 0.1) is 11.7 Å². The predicted octanol–water partition coefficient (Wildman–Crippen LogP) is 3.61. The number of likely N-dealkylation sites (N-methyl/N-ethyl adjacent to an activating group) is 1. The number of aromatic nitrogens is 2. The number of halogens is 2. The minimum absolute atomic E-state index is 0.0657.